The van der Waals surface area contributed by atoms with Crippen molar-refractivity contribution in [2.75, 3.05) is 45.9 Å². The summed E-state index contributed by atoms with van der Waals surface area (Å²) in [5.41, 5.74) is 4.57. The molecule has 0 amide bonds. The molecule has 1 aromatic carbocycles. The lowest BCUT2D eigenvalue weighted by Crippen LogP contribution is -2.49. The molecule has 0 bridgehead atoms. The number of fused-ring (bicyclic) bond motifs is 1. The molecule has 6 heteroatoms. The fourth-order valence-corrected chi connectivity index (χ4v) is 3.38. The Morgan fingerprint density at radius 2 is 1.71 bits per heavy atom. The first-order valence-electron chi connectivity index (χ1n) is 8.72. The van der Waals surface area contributed by atoms with Crippen LogP contribution in [0.3, 0.4) is 0 Å². The highest BCUT2D eigenvalue weighted by Crippen LogP contribution is 2.18. The molecule has 1 atom stereocenters. The van der Waals surface area contributed by atoms with Crippen molar-refractivity contribution in [2.24, 2.45) is 0 Å². The monoisotopic (exact) mass is 332 g/mol. The molecule has 1 saturated heterocycles. The molecule has 6 nitrogen and oxygen atoms in total. The number of aromatic nitrogens is 2. The van der Waals surface area contributed by atoms with Gasteiger partial charge in [-0.15, -0.1) is 0 Å². The zero-order chi connectivity index (χ0) is 17.1. The SMILES string of the molecule is Cc1cc2ncn(CC(O)CN3CCN(CCO)CC3)c2cc1C. The number of imidazole rings is 1. The second-order valence-electron chi connectivity index (χ2n) is 6.84. The molecule has 24 heavy (non-hydrogen) atoms. The van der Waals surface area contributed by atoms with Gasteiger partial charge in [-0.2, -0.15) is 0 Å². The van der Waals surface area contributed by atoms with E-state index in [1.54, 1.807) is 0 Å². The largest absolute Gasteiger partial charge is 0.395 e. The fourth-order valence-electron chi connectivity index (χ4n) is 3.38. The van der Waals surface area contributed by atoms with Crippen molar-refractivity contribution in [1.29, 1.82) is 0 Å². The highest BCUT2D eigenvalue weighted by molar-refractivity contribution is 5.77. The van der Waals surface area contributed by atoms with E-state index in [1.165, 1.54) is 11.1 Å². The summed E-state index contributed by atoms with van der Waals surface area (Å²) in [5, 5.41) is 19.5. The Morgan fingerprint density at radius 3 is 2.42 bits per heavy atom. The fraction of sp³-hybridized carbons (Fsp3) is 0.611. The first-order valence-corrected chi connectivity index (χ1v) is 8.72. The van der Waals surface area contributed by atoms with Crippen molar-refractivity contribution in [1.82, 2.24) is 19.4 Å². The highest BCUT2D eigenvalue weighted by Gasteiger charge is 2.19. The molecule has 1 aliphatic rings. The van der Waals surface area contributed by atoms with Gasteiger partial charge in [0, 0.05) is 39.3 Å². The molecule has 1 unspecified atom stereocenters. The molecule has 0 saturated carbocycles. The number of aliphatic hydroxyl groups excluding tert-OH is 2. The molecule has 0 aliphatic carbocycles. The van der Waals surface area contributed by atoms with Crippen molar-refractivity contribution in [3.05, 3.63) is 29.6 Å². The minimum Gasteiger partial charge on any atom is -0.395 e. The minimum atomic E-state index is -0.409. The van der Waals surface area contributed by atoms with Crippen LogP contribution in [0.5, 0.6) is 0 Å². The summed E-state index contributed by atoms with van der Waals surface area (Å²) in [6, 6.07) is 4.26. The maximum atomic E-state index is 10.5. The summed E-state index contributed by atoms with van der Waals surface area (Å²) in [4.78, 5) is 9.02. The first-order chi connectivity index (χ1) is 11.6. The van der Waals surface area contributed by atoms with Crippen LogP contribution in [0.15, 0.2) is 18.5 Å². The van der Waals surface area contributed by atoms with E-state index < -0.39 is 6.10 Å². The number of aliphatic hydroxyl groups is 2. The van der Waals surface area contributed by atoms with E-state index in [0.717, 1.165) is 43.8 Å². The number of hydrogen-bond acceptors (Lipinski definition) is 5. The molecule has 2 heterocycles. The Balaban J connectivity index is 1.58. The molecule has 2 N–H and O–H groups in total. The number of hydrogen-bond donors (Lipinski definition) is 2. The van der Waals surface area contributed by atoms with Gasteiger partial charge in [0.25, 0.3) is 0 Å². The zero-order valence-corrected chi connectivity index (χ0v) is 14.6. The number of aryl methyl sites for hydroxylation is 2. The number of benzene rings is 1. The van der Waals surface area contributed by atoms with Gasteiger partial charge in [0.2, 0.25) is 0 Å². The van der Waals surface area contributed by atoms with Crippen LogP contribution < -0.4 is 0 Å². The number of nitrogens with zero attached hydrogens (tertiary/aromatic N) is 4. The van der Waals surface area contributed by atoms with Gasteiger partial charge in [0.15, 0.2) is 0 Å². The van der Waals surface area contributed by atoms with Gasteiger partial charge < -0.3 is 14.8 Å². The lowest BCUT2D eigenvalue weighted by Gasteiger charge is -2.35. The third kappa shape index (κ3) is 3.95. The molecule has 2 aromatic rings. The third-order valence-corrected chi connectivity index (χ3v) is 4.99. The van der Waals surface area contributed by atoms with Crippen molar-refractivity contribution in [2.45, 2.75) is 26.5 Å². The average Bonchev–Trinajstić information content (AvgIpc) is 2.92. The van der Waals surface area contributed by atoms with Crippen LogP contribution in [0.4, 0.5) is 0 Å². The van der Waals surface area contributed by atoms with Gasteiger partial charge in [0.05, 0.1) is 36.6 Å². The predicted molar refractivity (Wildman–Crippen MR) is 95.2 cm³/mol. The van der Waals surface area contributed by atoms with E-state index in [2.05, 4.69) is 45.3 Å². The van der Waals surface area contributed by atoms with Gasteiger partial charge in [-0.05, 0) is 37.1 Å². The van der Waals surface area contributed by atoms with E-state index in [-0.39, 0.29) is 6.61 Å². The molecule has 132 valence electrons. The number of β-amino-alcohol motifs (C(OH)–C–C–N with tert-alkyl or cyclic N) is 2. The average molecular weight is 332 g/mol. The smallest absolute Gasteiger partial charge is 0.0959 e. The van der Waals surface area contributed by atoms with Crippen molar-refractivity contribution in [3.63, 3.8) is 0 Å². The summed E-state index contributed by atoms with van der Waals surface area (Å²) >= 11 is 0. The maximum Gasteiger partial charge on any atom is 0.0959 e. The summed E-state index contributed by atoms with van der Waals surface area (Å²) in [7, 11) is 0. The predicted octanol–water partition coefficient (Wildman–Crippen LogP) is 0.624. The summed E-state index contributed by atoms with van der Waals surface area (Å²) in [6.45, 7) is 10.2. The van der Waals surface area contributed by atoms with Crippen molar-refractivity contribution >= 4 is 11.0 Å². The lowest BCUT2D eigenvalue weighted by molar-refractivity contribution is 0.0595. The molecule has 0 radical (unpaired) electrons. The quantitative estimate of drug-likeness (QED) is 0.812. The van der Waals surface area contributed by atoms with E-state index in [4.69, 9.17) is 5.11 Å². The molecule has 1 fully saturated rings. The highest BCUT2D eigenvalue weighted by atomic mass is 16.3. The standard InChI is InChI=1S/C18H28N4O2/c1-14-9-17-18(10-15(14)2)22(13-19-17)12-16(24)11-21-5-3-20(4-6-21)7-8-23/h9-10,13,16,23-24H,3-8,11-12H2,1-2H3. The normalized spacial score (nSPS) is 18.3. The lowest BCUT2D eigenvalue weighted by atomic mass is 10.1. The number of piperazine rings is 1. The Hall–Kier alpha value is -1.47. The Morgan fingerprint density at radius 1 is 1.04 bits per heavy atom. The van der Waals surface area contributed by atoms with Crippen LogP contribution >= 0.6 is 0 Å². The van der Waals surface area contributed by atoms with Crippen LogP contribution in [0.2, 0.25) is 0 Å². The summed E-state index contributed by atoms with van der Waals surface area (Å²) in [6.07, 6.45) is 1.42. The molecule has 0 spiro atoms. The topological polar surface area (TPSA) is 64.8 Å². The maximum absolute atomic E-state index is 10.5. The second kappa shape index (κ2) is 7.61. The zero-order valence-electron chi connectivity index (χ0n) is 14.6. The molecular formula is C18H28N4O2. The van der Waals surface area contributed by atoms with Crippen LogP contribution in [-0.2, 0) is 6.54 Å². The van der Waals surface area contributed by atoms with Crippen LogP contribution in [0.1, 0.15) is 11.1 Å². The Bertz CT molecular complexity index is 677. The van der Waals surface area contributed by atoms with E-state index >= 15 is 0 Å². The molecular weight excluding hydrogens is 304 g/mol. The van der Waals surface area contributed by atoms with Crippen LogP contribution in [0.25, 0.3) is 11.0 Å². The van der Waals surface area contributed by atoms with Crippen LogP contribution in [0, 0.1) is 13.8 Å². The minimum absolute atomic E-state index is 0.217. The Kier molecular flexibility index (Phi) is 5.50. The molecule has 3 rings (SSSR count). The first kappa shape index (κ1) is 17.4. The van der Waals surface area contributed by atoms with Gasteiger partial charge in [0.1, 0.15) is 0 Å². The third-order valence-electron chi connectivity index (χ3n) is 4.99. The van der Waals surface area contributed by atoms with Gasteiger partial charge >= 0.3 is 0 Å². The van der Waals surface area contributed by atoms with E-state index in [1.807, 2.05) is 6.33 Å². The molecule has 1 aromatic heterocycles. The van der Waals surface area contributed by atoms with Gasteiger partial charge in [-0.1, -0.05) is 0 Å². The van der Waals surface area contributed by atoms with Crippen molar-refractivity contribution < 1.29 is 10.2 Å². The summed E-state index contributed by atoms with van der Waals surface area (Å²) < 4.78 is 2.05. The summed E-state index contributed by atoms with van der Waals surface area (Å²) in [5.74, 6) is 0. The second-order valence-corrected chi connectivity index (χ2v) is 6.84. The van der Waals surface area contributed by atoms with Gasteiger partial charge in [-0.25, -0.2) is 4.98 Å². The van der Waals surface area contributed by atoms with Crippen molar-refractivity contribution in [3.8, 4) is 0 Å². The molecule has 1 aliphatic heterocycles. The van der Waals surface area contributed by atoms with E-state index in [9.17, 15) is 5.11 Å². The van der Waals surface area contributed by atoms with E-state index in [0.29, 0.717) is 13.1 Å². The van der Waals surface area contributed by atoms with Crippen LogP contribution in [-0.4, -0.2) is 81.5 Å². The number of rotatable bonds is 6. The van der Waals surface area contributed by atoms with Gasteiger partial charge in [-0.3, -0.25) is 9.80 Å². The Labute approximate surface area is 143 Å².